The van der Waals surface area contributed by atoms with E-state index in [0.717, 1.165) is 37.9 Å². The first kappa shape index (κ1) is 21.7. The van der Waals surface area contributed by atoms with Gasteiger partial charge in [-0.15, -0.1) is 10.2 Å². The summed E-state index contributed by atoms with van der Waals surface area (Å²) in [6.07, 6.45) is -4.77. The number of alkyl halides is 5. The Morgan fingerprint density at radius 3 is 2.65 bits per heavy atom. The molecular formula is C21H23F5N4O. The fourth-order valence-corrected chi connectivity index (χ4v) is 4.54. The third kappa shape index (κ3) is 4.17. The molecular weight excluding hydrogens is 419 g/mol. The Labute approximate surface area is 176 Å². The predicted molar refractivity (Wildman–Crippen MR) is 105 cm³/mol. The normalized spacial score (nSPS) is 24.0. The summed E-state index contributed by atoms with van der Waals surface area (Å²) in [6.45, 7) is 3.71. The second-order valence-corrected chi connectivity index (χ2v) is 8.11. The molecule has 3 heterocycles. The number of benzene rings is 1. The summed E-state index contributed by atoms with van der Waals surface area (Å²) in [5.41, 5.74) is -2.09. The van der Waals surface area contributed by atoms with Gasteiger partial charge in [0, 0.05) is 29.8 Å². The highest BCUT2D eigenvalue weighted by molar-refractivity contribution is 5.71. The molecule has 1 unspecified atom stereocenters. The summed E-state index contributed by atoms with van der Waals surface area (Å²) in [7, 11) is 0. The highest BCUT2D eigenvalue weighted by Gasteiger charge is 2.39. The summed E-state index contributed by atoms with van der Waals surface area (Å²) in [5.74, 6) is 0.0338. The van der Waals surface area contributed by atoms with Gasteiger partial charge in [-0.2, -0.15) is 13.2 Å². The lowest BCUT2D eigenvalue weighted by Crippen LogP contribution is -2.50. The highest BCUT2D eigenvalue weighted by atomic mass is 19.4. The minimum Gasteiger partial charge on any atom is -0.507 e. The SMILES string of the molecule is CCC1CN[C@@H]2CCN(c3cc(C(F)F)c(-c4ccc(C(F)(F)F)cc4O)nn3)[C@H]2C1. The van der Waals surface area contributed by atoms with Crippen LogP contribution >= 0.6 is 0 Å². The molecule has 2 aromatic rings. The number of nitrogens with one attached hydrogen (secondary N) is 1. The van der Waals surface area contributed by atoms with Gasteiger partial charge >= 0.3 is 6.18 Å². The Kier molecular flexibility index (Phi) is 5.76. The number of halogens is 5. The second kappa shape index (κ2) is 8.22. The second-order valence-electron chi connectivity index (χ2n) is 8.11. The lowest BCUT2D eigenvalue weighted by molar-refractivity contribution is -0.137. The van der Waals surface area contributed by atoms with Crippen molar-refractivity contribution in [2.24, 2.45) is 5.92 Å². The van der Waals surface area contributed by atoms with Crippen LogP contribution in [0.3, 0.4) is 0 Å². The first-order valence-electron chi connectivity index (χ1n) is 10.3. The van der Waals surface area contributed by atoms with Crippen LogP contribution in [0.2, 0.25) is 0 Å². The smallest absolute Gasteiger partial charge is 0.416 e. The number of hydrogen-bond donors (Lipinski definition) is 2. The van der Waals surface area contributed by atoms with Crippen LogP contribution in [0.4, 0.5) is 27.8 Å². The average Bonchev–Trinajstić information content (AvgIpc) is 3.15. The fourth-order valence-electron chi connectivity index (χ4n) is 4.54. The summed E-state index contributed by atoms with van der Waals surface area (Å²) in [6, 6.07) is 3.80. The van der Waals surface area contributed by atoms with Crippen LogP contribution in [0.15, 0.2) is 24.3 Å². The molecule has 2 saturated heterocycles. The molecule has 31 heavy (non-hydrogen) atoms. The lowest BCUT2D eigenvalue weighted by atomic mass is 9.89. The van der Waals surface area contributed by atoms with E-state index in [4.69, 9.17) is 0 Å². The Balaban J connectivity index is 1.68. The van der Waals surface area contributed by atoms with E-state index in [1.165, 1.54) is 6.07 Å². The van der Waals surface area contributed by atoms with Crippen LogP contribution in [-0.2, 0) is 6.18 Å². The van der Waals surface area contributed by atoms with Crippen molar-refractivity contribution in [1.29, 1.82) is 0 Å². The summed E-state index contributed by atoms with van der Waals surface area (Å²) < 4.78 is 66.3. The van der Waals surface area contributed by atoms with E-state index in [9.17, 15) is 27.1 Å². The van der Waals surface area contributed by atoms with Gasteiger partial charge in [-0.3, -0.25) is 0 Å². The van der Waals surface area contributed by atoms with Crippen molar-refractivity contribution in [1.82, 2.24) is 15.5 Å². The Bertz CT molecular complexity index is 952. The van der Waals surface area contributed by atoms with Crippen LogP contribution in [0.5, 0.6) is 5.75 Å². The number of phenolic OH excluding ortho intramolecular Hbond substituents is 1. The number of rotatable bonds is 4. The molecule has 1 aromatic heterocycles. The first-order chi connectivity index (χ1) is 14.7. The van der Waals surface area contributed by atoms with Crippen LogP contribution in [0, 0.1) is 5.92 Å². The highest BCUT2D eigenvalue weighted by Crippen LogP contribution is 2.40. The third-order valence-corrected chi connectivity index (χ3v) is 6.29. The minimum absolute atomic E-state index is 0.129. The molecule has 0 aliphatic carbocycles. The van der Waals surface area contributed by atoms with Gasteiger partial charge in [0.15, 0.2) is 5.82 Å². The number of aromatic hydroxyl groups is 1. The van der Waals surface area contributed by atoms with Crippen LogP contribution < -0.4 is 10.2 Å². The Morgan fingerprint density at radius 2 is 2.00 bits per heavy atom. The summed E-state index contributed by atoms with van der Waals surface area (Å²) >= 11 is 0. The third-order valence-electron chi connectivity index (χ3n) is 6.29. The molecule has 4 rings (SSSR count). The Morgan fingerprint density at radius 1 is 1.23 bits per heavy atom. The summed E-state index contributed by atoms with van der Waals surface area (Å²) in [4.78, 5) is 1.98. The summed E-state index contributed by atoms with van der Waals surface area (Å²) in [5, 5.41) is 21.6. The molecule has 2 fully saturated rings. The minimum atomic E-state index is -4.66. The van der Waals surface area contributed by atoms with Crippen molar-refractivity contribution in [2.75, 3.05) is 18.0 Å². The van der Waals surface area contributed by atoms with Crippen molar-refractivity contribution in [2.45, 2.75) is 50.9 Å². The maximum Gasteiger partial charge on any atom is 0.416 e. The molecule has 1 aromatic carbocycles. The van der Waals surface area contributed by atoms with Gasteiger partial charge in [-0.05, 0) is 49.6 Å². The van der Waals surface area contributed by atoms with Gasteiger partial charge in [0.25, 0.3) is 6.43 Å². The van der Waals surface area contributed by atoms with Crippen molar-refractivity contribution in [3.8, 4) is 17.0 Å². The van der Waals surface area contributed by atoms with E-state index in [1.54, 1.807) is 0 Å². The molecule has 0 saturated carbocycles. The number of hydrogen-bond acceptors (Lipinski definition) is 5. The largest absolute Gasteiger partial charge is 0.507 e. The van der Waals surface area contributed by atoms with Gasteiger partial charge in [0.05, 0.1) is 5.56 Å². The maximum absolute atomic E-state index is 13.9. The molecule has 10 heteroatoms. The monoisotopic (exact) mass is 442 g/mol. The molecule has 168 valence electrons. The van der Waals surface area contributed by atoms with E-state index in [-0.39, 0.29) is 23.3 Å². The number of anilines is 1. The average molecular weight is 442 g/mol. The number of phenols is 1. The van der Waals surface area contributed by atoms with Gasteiger partial charge in [-0.25, -0.2) is 8.78 Å². The molecule has 2 aliphatic rings. The van der Waals surface area contributed by atoms with Crippen LogP contribution in [0.1, 0.15) is 43.7 Å². The van der Waals surface area contributed by atoms with Gasteiger partial charge < -0.3 is 15.3 Å². The van der Waals surface area contributed by atoms with Crippen molar-refractivity contribution in [3.63, 3.8) is 0 Å². The van der Waals surface area contributed by atoms with E-state index in [0.29, 0.717) is 24.3 Å². The molecule has 0 bridgehead atoms. The van der Waals surface area contributed by atoms with Crippen molar-refractivity contribution < 1.29 is 27.1 Å². The van der Waals surface area contributed by atoms with E-state index >= 15 is 0 Å². The zero-order valence-electron chi connectivity index (χ0n) is 16.8. The van der Waals surface area contributed by atoms with E-state index in [1.807, 2.05) is 4.90 Å². The van der Waals surface area contributed by atoms with Gasteiger partial charge in [0.1, 0.15) is 11.4 Å². The molecule has 0 amide bonds. The molecule has 3 atom stereocenters. The predicted octanol–water partition coefficient (Wildman–Crippen LogP) is 4.77. The lowest BCUT2D eigenvalue weighted by Gasteiger charge is -2.37. The number of fused-ring (bicyclic) bond motifs is 1. The Hall–Kier alpha value is -2.49. The molecule has 5 nitrogen and oxygen atoms in total. The van der Waals surface area contributed by atoms with Crippen molar-refractivity contribution >= 4 is 5.82 Å². The zero-order chi connectivity index (χ0) is 22.3. The molecule has 2 aliphatic heterocycles. The quantitative estimate of drug-likeness (QED) is 0.668. The van der Waals surface area contributed by atoms with Crippen LogP contribution in [0.25, 0.3) is 11.3 Å². The van der Waals surface area contributed by atoms with E-state index < -0.39 is 29.5 Å². The zero-order valence-corrected chi connectivity index (χ0v) is 16.8. The van der Waals surface area contributed by atoms with Crippen molar-refractivity contribution in [3.05, 3.63) is 35.4 Å². The van der Waals surface area contributed by atoms with E-state index in [2.05, 4.69) is 22.4 Å². The van der Waals surface area contributed by atoms with Crippen LogP contribution in [-0.4, -0.2) is 40.5 Å². The molecule has 0 spiro atoms. The topological polar surface area (TPSA) is 61.3 Å². The fraction of sp³-hybridized carbons (Fsp3) is 0.524. The first-order valence-corrected chi connectivity index (χ1v) is 10.3. The molecule has 2 N–H and O–H groups in total. The number of aromatic nitrogens is 2. The van der Waals surface area contributed by atoms with Gasteiger partial charge in [-0.1, -0.05) is 13.3 Å². The maximum atomic E-state index is 13.9. The number of nitrogens with zero attached hydrogens (tertiary/aromatic N) is 3. The molecule has 0 radical (unpaired) electrons. The standard InChI is InChI=1S/C21H23F5N4O/c1-2-11-7-16-15(27-10-11)5-6-30(16)18-9-14(20(22)23)19(29-28-18)13-4-3-12(8-17(13)31)21(24,25)26/h3-4,8-9,11,15-16,20,27,31H,2,5-7,10H2,1H3/t11?,15-,16+/m1/s1. The number of piperidine rings is 1. The van der Waals surface area contributed by atoms with Gasteiger partial charge in [0.2, 0.25) is 0 Å².